The van der Waals surface area contributed by atoms with Crippen molar-refractivity contribution in [2.45, 2.75) is 65.4 Å². The van der Waals surface area contributed by atoms with Crippen molar-refractivity contribution in [2.75, 3.05) is 6.61 Å². The average molecular weight is 294 g/mol. The maximum absolute atomic E-state index is 6.15. The van der Waals surface area contributed by atoms with E-state index in [1.807, 2.05) is 0 Å². The number of ether oxygens (including phenoxy) is 1. The Hall–Kier alpha value is -0.740. The maximum atomic E-state index is 6.15. The van der Waals surface area contributed by atoms with Crippen LogP contribution in [0.2, 0.25) is 0 Å². The molecule has 0 aliphatic heterocycles. The summed E-state index contributed by atoms with van der Waals surface area (Å²) in [6.45, 7) is 9.29. The van der Waals surface area contributed by atoms with Crippen LogP contribution >= 0.6 is 12.2 Å². The van der Waals surface area contributed by atoms with Crippen LogP contribution in [0.15, 0.2) is 0 Å². The van der Waals surface area contributed by atoms with Crippen molar-refractivity contribution in [3.63, 3.8) is 0 Å². The van der Waals surface area contributed by atoms with Crippen LogP contribution in [-0.2, 0) is 16.8 Å². The molecule has 1 fully saturated rings. The van der Waals surface area contributed by atoms with Crippen molar-refractivity contribution in [1.29, 1.82) is 0 Å². The number of H-pyrrole nitrogens is 1. The lowest BCUT2D eigenvalue weighted by Crippen LogP contribution is -2.36. The largest absolute Gasteiger partial charge is 0.367 e. The fourth-order valence-corrected chi connectivity index (χ4v) is 3.59. The third kappa shape index (κ3) is 2.96. The summed E-state index contributed by atoms with van der Waals surface area (Å²) < 4.78 is 6.88. The molecule has 20 heavy (non-hydrogen) atoms. The molecule has 1 aliphatic carbocycles. The molecule has 0 radical (unpaired) electrons. The molecule has 0 aromatic carbocycles. The van der Waals surface area contributed by atoms with Gasteiger partial charge in [-0.3, -0.25) is 0 Å². The summed E-state index contributed by atoms with van der Waals surface area (Å²) in [6, 6.07) is 0. The first-order valence-corrected chi connectivity index (χ1v) is 8.17. The standard InChI is InChI=1S/C16H26N2OS/c1-5-13-12(4)17-15(18-14(13)20)16(19-6-2)9-7-11(3)8-10-16/h11H,5-10H2,1-4H3,(H,17,18,20). The van der Waals surface area contributed by atoms with Crippen molar-refractivity contribution in [1.82, 2.24) is 9.97 Å². The van der Waals surface area contributed by atoms with Gasteiger partial charge in [0.05, 0.1) is 0 Å². The lowest BCUT2D eigenvalue weighted by molar-refractivity contribution is -0.0839. The number of aromatic nitrogens is 2. The van der Waals surface area contributed by atoms with E-state index in [0.29, 0.717) is 6.61 Å². The number of hydrogen-bond acceptors (Lipinski definition) is 3. The minimum absolute atomic E-state index is 0.258. The molecular formula is C16H26N2OS. The topological polar surface area (TPSA) is 37.9 Å². The normalized spacial score (nSPS) is 26.7. The van der Waals surface area contributed by atoms with Gasteiger partial charge in [-0.25, -0.2) is 4.98 Å². The van der Waals surface area contributed by atoms with Crippen LogP contribution in [0.5, 0.6) is 0 Å². The van der Waals surface area contributed by atoms with Crippen molar-refractivity contribution in [3.8, 4) is 0 Å². The van der Waals surface area contributed by atoms with Gasteiger partial charge in [-0.05, 0) is 51.9 Å². The Labute approximate surface area is 127 Å². The van der Waals surface area contributed by atoms with Crippen molar-refractivity contribution >= 4 is 12.2 Å². The van der Waals surface area contributed by atoms with Crippen molar-refractivity contribution in [3.05, 3.63) is 21.7 Å². The van der Waals surface area contributed by atoms with E-state index in [9.17, 15) is 0 Å². The van der Waals surface area contributed by atoms with Gasteiger partial charge in [-0.1, -0.05) is 26.1 Å². The predicted octanol–water partition coefficient (Wildman–Crippen LogP) is 4.45. The summed E-state index contributed by atoms with van der Waals surface area (Å²) in [7, 11) is 0. The van der Waals surface area contributed by atoms with Crippen LogP contribution in [0.4, 0.5) is 0 Å². The lowest BCUT2D eigenvalue weighted by Gasteiger charge is -2.38. The monoisotopic (exact) mass is 294 g/mol. The van der Waals surface area contributed by atoms with Gasteiger partial charge < -0.3 is 9.72 Å². The molecule has 1 aliphatic rings. The van der Waals surface area contributed by atoms with Gasteiger partial charge in [0.1, 0.15) is 16.1 Å². The van der Waals surface area contributed by atoms with E-state index in [0.717, 1.165) is 46.9 Å². The first-order chi connectivity index (χ1) is 9.52. The maximum Gasteiger partial charge on any atom is 0.140 e. The van der Waals surface area contributed by atoms with Crippen LogP contribution in [-0.4, -0.2) is 16.6 Å². The zero-order chi connectivity index (χ0) is 14.8. The molecular weight excluding hydrogens is 268 g/mol. The van der Waals surface area contributed by atoms with Crippen molar-refractivity contribution in [2.24, 2.45) is 5.92 Å². The Balaban J connectivity index is 2.42. The predicted molar refractivity (Wildman–Crippen MR) is 84.5 cm³/mol. The number of aryl methyl sites for hydroxylation is 1. The molecule has 2 rings (SSSR count). The highest BCUT2D eigenvalue weighted by atomic mass is 32.1. The van der Waals surface area contributed by atoms with Gasteiger partial charge in [0.25, 0.3) is 0 Å². The molecule has 0 amide bonds. The smallest absolute Gasteiger partial charge is 0.140 e. The van der Waals surface area contributed by atoms with E-state index in [1.54, 1.807) is 0 Å². The Morgan fingerprint density at radius 2 is 2.00 bits per heavy atom. The molecule has 1 heterocycles. The molecule has 0 unspecified atom stereocenters. The van der Waals surface area contributed by atoms with Crippen LogP contribution < -0.4 is 0 Å². The van der Waals surface area contributed by atoms with Gasteiger partial charge in [0.15, 0.2) is 0 Å². The van der Waals surface area contributed by atoms with Crippen LogP contribution in [0.3, 0.4) is 0 Å². The number of nitrogens with one attached hydrogen (secondary N) is 1. The summed E-state index contributed by atoms with van der Waals surface area (Å²) >= 11 is 5.47. The molecule has 0 saturated heterocycles. The quantitative estimate of drug-likeness (QED) is 0.834. The summed E-state index contributed by atoms with van der Waals surface area (Å²) in [6.07, 6.45) is 5.37. The van der Waals surface area contributed by atoms with Crippen molar-refractivity contribution < 1.29 is 4.74 Å². The third-order valence-electron chi connectivity index (χ3n) is 4.52. The molecule has 1 N–H and O–H groups in total. The van der Waals surface area contributed by atoms with E-state index in [4.69, 9.17) is 17.0 Å². The van der Waals surface area contributed by atoms with E-state index in [-0.39, 0.29) is 5.60 Å². The first-order valence-electron chi connectivity index (χ1n) is 7.76. The van der Waals surface area contributed by atoms with E-state index in [1.165, 1.54) is 12.8 Å². The lowest BCUT2D eigenvalue weighted by atomic mass is 9.78. The summed E-state index contributed by atoms with van der Waals surface area (Å²) in [4.78, 5) is 8.15. The number of aromatic amines is 1. The van der Waals surface area contributed by atoms with E-state index in [2.05, 4.69) is 37.7 Å². The fraction of sp³-hybridized carbons (Fsp3) is 0.750. The van der Waals surface area contributed by atoms with Gasteiger partial charge in [0, 0.05) is 17.9 Å². The molecule has 0 spiro atoms. The Morgan fingerprint density at radius 3 is 2.50 bits per heavy atom. The van der Waals surface area contributed by atoms with Gasteiger partial charge in [-0.15, -0.1) is 0 Å². The molecule has 0 bridgehead atoms. The molecule has 3 nitrogen and oxygen atoms in total. The molecule has 1 saturated carbocycles. The SMILES string of the molecule is CCOC1(c2nc(=S)c(CC)c(C)[nH]2)CCC(C)CC1. The van der Waals surface area contributed by atoms with E-state index < -0.39 is 0 Å². The molecule has 1 aromatic rings. The zero-order valence-electron chi connectivity index (χ0n) is 13.1. The molecule has 112 valence electrons. The highest BCUT2D eigenvalue weighted by molar-refractivity contribution is 7.71. The second kappa shape index (κ2) is 6.35. The number of hydrogen-bond donors (Lipinski definition) is 1. The molecule has 4 heteroatoms. The second-order valence-electron chi connectivity index (χ2n) is 5.96. The molecule has 1 aromatic heterocycles. The zero-order valence-corrected chi connectivity index (χ0v) is 13.9. The summed E-state index contributed by atoms with van der Waals surface area (Å²) in [5.41, 5.74) is 2.03. The average Bonchev–Trinajstić information content (AvgIpc) is 2.41. The van der Waals surface area contributed by atoms with Crippen LogP contribution in [0.25, 0.3) is 0 Å². The van der Waals surface area contributed by atoms with Gasteiger partial charge in [0.2, 0.25) is 0 Å². The summed E-state index contributed by atoms with van der Waals surface area (Å²) in [5, 5.41) is 0. The second-order valence-corrected chi connectivity index (χ2v) is 6.34. The van der Waals surface area contributed by atoms with Crippen LogP contribution in [0.1, 0.15) is 63.5 Å². The highest BCUT2D eigenvalue weighted by Crippen LogP contribution is 2.41. The van der Waals surface area contributed by atoms with E-state index >= 15 is 0 Å². The minimum Gasteiger partial charge on any atom is -0.367 e. The highest BCUT2D eigenvalue weighted by Gasteiger charge is 2.39. The number of rotatable bonds is 4. The van der Waals surface area contributed by atoms with Gasteiger partial charge >= 0.3 is 0 Å². The third-order valence-corrected chi connectivity index (χ3v) is 4.86. The Morgan fingerprint density at radius 1 is 1.35 bits per heavy atom. The van der Waals surface area contributed by atoms with Crippen LogP contribution in [0, 0.1) is 17.5 Å². The molecule has 0 atom stereocenters. The minimum atomic E-state index is -0.258. The number of nitrogens with zero attached hydrogens (tertiary/aromatic N) is 1. The Kier molecular flexibility index (Phi) is 4.97. The Bertz CT molecular complexity index is 516. The fourth-order valence-electron chi connectivity index (χ4n) is 3.20. The first kappa shape index (κ1) is 15.6. The van der Waals surface area contributed by atoms with Gasteiger partial charge in [-0.2, -0.15) is 0 Å². The summed E-state index contributed by atoms with van der Waals surface area (Å²) in [5.74, 6) is 1.72.